The topological polar surface area (TPSA) is 42.0 Å². The van der Waals surface area contributed by atoms with Crippen molar-refractivity contribution < 1.29 is 18.0 Å². The number of aromatic nitrogens is 1. The number of halogens is 6. The molecule has 1 amide bonds. The first-order valence-electron chi connectivity index (χ1n) is 6.45. The number of nitrogens with zero attached hydrogens (tertiary/aromatic N) is 1. The van der Waals surface area contributed by atoms with E-state index in [2.05, 4.69) is 42.2 Å². The first kappa shape index (κ1) is 18.0. The molecule has 0 bridgehead atoms. The number of nitrogens with one attached hydrogen (secondary N) is 1. The molecule has 1 aliphatic carbocycles. The van der Waals surface area contributed by atoms with E-state index in [0.29, 0.717) is 18.0 Å². The lowest BCUT2D eigenvalue weighted by atomic mass is 9.80. The van der Waals surface area contributed by atoms with E-state index in [0.717, 1.165) is 5.56 Å². The minimum Gasteiger partial charge on any atom is -0.345 e. The molecule has 2 rings (SSSR count). The van der Waals surface area contributed by atoms with Gasteiger partial charge in [-0.15, -0.1) is 0 Å². The molecule has 4 unspecified atom stereocenters. The third-order valence-electron chi connectivity index (χ3n) is 3.59. The Morgan fingerprint density at radius 2 is 1.91 bits per heavy atom. The van der Waals surface area contributed by atoms with Crippen LogP contribution in [-0.2, 0) is 4.79 Å². The highest BCUT2D eigenvalue weighted by Gasteiger charge is 2.43. The number of amides is 1. The number of carbonyl (C=O) groups excluding carboxylic acids is 1. The molecule has 1 N–H and O–H groups in total. The van der Waals surface area contributed by atoms with Crippen LogP contribution in [0.25, 0.3) is 0 Å². The quantitative estimate of drug-likeness (QED) is 0.527. The van der Waals surface area contributed by atoms with E-state index >= 15 is 0 Å². The lowest BCUT2D eigenvalue weighted by molar-refractivity contribution is -0.174. The first-order valence-corrected chi connectivity index (χ1v) is 8.66. The van der Waals surface area contributed by atoms with Crippen molar-refractivity contribution in [1.29, 1.82) is 0 Å². The molecule has 1 saturated carbocycles. The predicted octanol–water partition coefficient (Wildman–Crippen LogP) is 4.19. The Hall–Kier alpha value is -0.340. The van der Waals surface area contributed by atoms with Crippen LogP contribution in [0.1, 0.15) is 24.3 Å². The Kier molecular flexibility index (Phi) is 5.77. The van der Waals surface area contributed by atoms with Crippen LogP contribution in [0.4, 0.5) is 13.2 Å². The van der Waals surface area contributed by atoms with E-state index in [9.17, 15) is 18.0 Å². The molecule has 22 heavy (non-hydrogen) atoms. The van der Waals surface area contributed by atoms with Gasteiger partial charge in [-0.1, -0.05) is 49.5 Å². The van der Waals surface area contributed by atoms with E-state index in [1.807, 2.05) is 0 Å². The fourth-order valence-corrected chi connectivity index (χ4v) is 3.84. The van der Waals surface area contributed by atoms with Crippen LogP contribution < -0.4 is 5.32 Å². The highest BCUT2D eigenvalue weighted by Crippen LogP contribution is 2.39. The molecule has 1 fully saturated rings. The zero-order valence-electron chi connectivity index (χ0n) is 11.1. The van der Waals surface area contributed by atoms with E-state index in [1.165, 1.54) is 6.20 Å². The molecular formula is C13H12Br2ClF3N2O. The maximum atomic E-state index is 12.5. The molecule has 0 saturated heterocycles. The smallest absolute Gasteiger partial charge is 0.345 e. The average molecular weight is 465 g/mol. The van der Waals surface area contributed by atoms with Crippen molar-refractivity contribution in [2.75, 3.05) is 0 Å². The van der Waals surface area contributed by atoms with Gasteiger partial charge in [0.25, 0.3) is 0 Å². The maximum absolute atomic E-state index is 12.5. The van der Waals surface area contributed by atoms with Gasteiger partial charge in [-0.3, -0.25) is 4.79 Å². The van der Waals surface area contributed by atoms with Crippen molar-refractivity contribution >= 4 is 49.4 Å². The predicted molar refractivity (Wildman–Crippen MR) is 84.6 cm³/mol. The number of hydrogen-bond donors (Lipinski definition) is 1. The summed E-state index contributed by atoms with van der Waals surface area (Å²) in [6.07, 6.45) is -2.41. The van der Waals surface area contributed by atoms with E-state index in [1.54, 1.807) is 12.1 Å². The van der Waals surface area contributed by atoms with Gasteiger partial charge in [0.05, 0.1) is 0 Å². The average Bonchev–Trinajstić information content (AvgIpc) is 2.42. The monoisotopic (exact) mass is 462 g/mol. The highest BCUT2D eigenvalue weighted by molar-refractivity contribution is 9.12. The molecule has 9 heteroatoms. The van der Waals surface area contributed by atoms with Gasteiger partial charge in [-0.25, -0.2) is 4.98 Å². The standard InChI is InChI=1S/C13H12Br2ClF3N2O/c14-8-3-7(6-1-2-11(16)20-5-6)10(4-9(8)15)21-12(22)13(17,18)19/h1-2,5,7-10H,3-4H2,(H,21,22). The molecular weight excluding hydrogens is 452 g/mol. The number of rotatable bonds is 2. The van der Waals surface area contributed by atoms with Crippen molar-refractivity contribution in [1.82, 2.24) is 10.3 Å². The molecule has 0 aromatic carbocycles. The minimum atomic E-state index is -4.89. The first-order chi connectivity index (χ1) is 10.2. The van der Waals surface area contributed by atoms with Crippen molar-refractivity contribution in [2.24, 2.45) is 0 Å². The molecule has 122 valence electrons. The maximum Gasteiger partial charge on any atom is 0.471 e. The number of hydrogen-bond acceptors (Lipinski definition) is 2. The van der Waals surface area contributed by atoms with Crippen LogP contribution in [0.2, 0.25) is 5.15 Å². The van der Waals surface area contributed by atoms with Gasteiger partial charge in [-0.2, -0.15) is 13.2 Å². The van der Waals surface area contributed by atoms with Gasteiger partial charge in [0, 0.05) is 27.8 Å². The summed E-state index contributed by atoms with van der Waals surface area (Å²) in [5.74, 6) is -2.19. The number of pyridine rings is 1. The third kappa shape index (κ3) is 4.35. The van der Waals surface area contributed by atoms with Crippen LogP contribution in [0, 0.1) is 0 Å². The summed E-state index contributed by atoms with van der Waals surface area (Å²) in [4.78, 5) is 15.3. The highest BCUT2D eigenvalue weighted by atomic mass is 79.9. The lowest BCUT2D eigenvalue weighted by Gasteiger charge is -2.37. The van der Waals surface area contributed by atoms with Gasteiger partial charge in [-0.05, 0) is 24.5 Å². The minimum absolute atomic E-state index is 0.0254. The van der Waals surface area contributed by atoms with E-state index in [-0.39, 0.29) is 15.6 Å². The zero-order valence-corrected chi connectivity index (χ0v) is 15.0. The van der Waals surface area contributed by atoms with Crippen LogP contribution in [-0.4, -0.2) is 32.8 Å². The summed E-state index contributed by atoms with van der Waals surface area (Å²) < 4.78 is 37.5. The van der Waals surface area contributed by atoms with E-state index < -0.39 is 18.1 Å². The van der Waals surface area contributed by atoms with Crippen LogP contribution in [0.15, 0.2) is 18.3 Å². The summed E-state index contributed by atoms with van der Waals surface area (Å²) in [5, 5.41) is 2.41. The molecule has 0 aliphatic heterocycles. The molecule has 1 heterocycles. The Bertz CT molecular complexity index is 541. The second kappa shape index (κ2) is 7.05. The molecule has 0 radical (unpaired) electrons. The summed E-state index contributed by atoms with van der Waals surface area (Å²) >= 11 is 12.7. The van der Waals surface area contributed by atoms with Crippen molar-refractivity contribution in [3.8, 4) is 0 Å². The zero-order chi connectivity index (χ0) is 16.5. The molecule has 0 spiro atoms. The van der Waals surface area contributed by atoms with Crippen molar-refractivity contribution in [3.05, 3.63) is 29.0 Å². The second-order valence-electron chi connectivity index (χ2n) is 5.10. The van der Waals surface area contributed by atoms with Gasteiger partial charge in [0.1, 0.15) is 5.15 Å². The third-order valence-corrected chi connectivity index (χ3v) is 6.55. The van der Waals surface area contributed by atoms with Crippen molar-refractivity contribution in [3.63, 3.8) is 0 Å². The van der Waals surface area contributed by atoms with E-state index in [4.69, 9.17) is 11.6 Å². The molecule has 3 nitrogen and oxygen atoms in total. The van der Waals surface area contributed by atoms with Gasteiger partial charge in [0.15, 0.2) is 0 Å². The number of carbonyl (C=O) groups is 1. The Balaban J connectivity index is 2.22. The Labute approximate surface area is 147 Å². The Morgan fingerprint density at radius 3 is 2.45 bits per heavy atom. The normalized spacial score (nSPS) is 29.2. The second-order valence-corrected chi connectivity index (χ2v) is 7.84. The van der Waals surface area contributed by atoms with Crippen LogP contribution >= 0.6 is 43.5 Å². The van der Waals surface area contributed by atoms with Gasteiger partial charge in [0.2, 0.25) is 0 Å². The van der Waals surface area contributed by atoms with Gasteiger partial charge < -0.3 is 5.32 Å². The summed E-state index contributed by atoms with van der Waals surface area (Å²) in [6, 6.07) is 2.68. The SMILES string of the molecule is O=C(NC1CC(Br)C(Br)CC1c1ccc(Cl)nc1)C(F)(F)F. The van der Waals surface area contributed by atoms with Crippen LogP contribution in [0.5, 0.6) is 0 Å². The summed E-state index contributed by atoms with van der Waals surface area (Å²) in [7, 11) is 0. The largest absolute Gasteiger partial charge is 0.471 e. The number of alkyl halides is 5. The summed E-state index contributed by atoms with van der Waals surface area (Å²) in [6.45, 7) is 0. The molecule has 1 aromatic heterocycles. The fraction of sp³-hybridized carbons (Fsp3) is 0.538. The van der Waals surface area contributed by atoms with Gasteiger partial charge >= 0.3 is 12.1 Å². The lowest BCUT2D eigenvalue weighted by Crippen LogP contribution is -2.50. The molecule has 1 aromatic rings. The summed E-state index contributed by atoms with van der Waals surface area (Å²) in [5.41, 5.74) is 0.751. The molecule has 1 aliphatic rings. The Morgan fingerprint density at radius 1 is 1.27 bits per heavy atom. The van der Waals surface area contributed by atoms with Crippen LogP contribution in [0.3, 0.4) is 0 Å². The van der Waals surface area contributed by atoms with Crippen molar-refractivity contribution in [2.45, 2.75) is 40.6 Å². The molecule has 4 atom stereocenters. The fourth-order valence-electron chi connectivity index (χ4n) is 2.49.